The van der Waals surface area contributed by atoms with Crippen LogP contribution in [0, 0.1) is 12.7 Å². The first-order valence-corrected chi connectivity index (χ1v) is 9.46. The minimum atomic E-state index is -0.831. The summed E-state index contributed by atoms with van der Waals surface area (Å²) in [5.41, 5.74) is 1.85. The molecule has 1 aromatic carbocycles. The molecule has 118 valence electrons. The van der Waals surface area contributed by atoms with E-state index in [1.54, 1.807) is 18.4 Å². The summed E-state index contributed by atoms with van der Waals surface area (Å²) < 4.78 is 23.9. The molecule has 0 saturated heterocycles. The number of carbonyl (C=O) groups is 1. The van der Waals surface area contributed by atoms with Gasteiger partial charge < -0.3 is 5.32 Å². The molecular formula is C16H18FNO2S2. The van der Waals surface area contributed by atoms with E-state index >= 15 is 0 Å². The molecular weight excluding hydrogens is 321 g/mol. The van der Waals surface area contributed by atoms with Crippen molar-refractivity contribution >= 4 is 28.0 Å². The molecule has 0 unspecified atom stereocenters. The predicted molar refractivity (Wildman–Crippen MR) is 90.3 cm³/mol. The molecule has 0 aliphatic carbocycles. The summed E-state index contributed by atoms with van der Waals surface area (Å²) in [5.74, 6) is 0.191. The highest BCUT2D eigenvalue weighted by Gasteiger charge is 2.13. The molecule has 1 amide bonds. The van der Waals surface area contributed by atoms with Crippen LogP contribution in [0.5, 0.6) is 0 Å². The van der Waals surface area contributed by atoms with Crippen LogP contribution in [-0.4, -0.2) is 28.7 Å². The van der Waals surface area contributed by atoms with Gasteiger partial charge in [-0.1, -0.05) is 12.1 Å². The smallest absolute Gasteiger partial charge is 0.261 e. The Morgan fingerprint density at radius 1 is 1.32 bits per heavy atom. The molecule has 1 aromatic heterocycles. The molecule has 0 radical (unpaired) electrons. The van der Waals surface area contributed by atoms with Crippen LogP contribution in [0.25, 0.3) is 11.1 Å². The number of nitrogens with one attached hydrogen (secondary N) is 1. The molecule has 22 heavy (non-hydrogen) atoms. The van der Waals surface area contributed by atoms with Crippen LogP contribution in [0.2, 0.25) is 0 Å². The number of rotatable bonds is 6. The molecule has 6 heteroatoms. The number of hydrogen-bond donors (Lipinski definition) is 1. The lowest BCUT2D eigenvalue weighted by molar-refractivity contribution is 0.0958. The van der Waals surface area contributed by atoms with Gasteiger partial charge in [-0.25, -0.2) is 4.39 Å². The lowest BCUT2D eigenvalue weighted by Gasteiger charge is -2.02. The van der Waals surface area contributed by atoms with Crippen molar-refractivity contribution in [2.24, 2.45) is 0 Å². The molecule has 1 heterocycles. The van der Waals surface area contributed by atoms with Crippen LogP contribution in [0.4, 0.5) is 4.39 Å². The third-order valence-electron chi connectivity index (χ3n) is 3.19. The van der Waals surface area contributed by atoms with Gasteiger partial charge >= 0.3 is 0 Å². The Hall–Kier alpha value is -1.53. The normalized spacial score (nSPS) is 12.1. The quantitative estimate of drug-likeness (QED) is 0.820. The van der Waals surface area contributed by atoms with E-state index in [0.29, 0.717) is 23.6 Å². The molecule has 0 aliphatic rings. The molecule has 2 aromatic rings. The first-order valence-electron chi connectivity index (χ1n) is 6.92. The van der Waals surface area contributed by atoms with Gasteiger partial charge in [-0.3, -0.25) is 9.00 Å². The molecule has 1 N–H and O–H groups in total. The van der Waals surface area contributed by atoms with E-state index in [1.165, 1.54) is 23.5 Å². The summed E-state index contributed by atoms with van der Waals surface area (Å²) in [6.07, 6.45) is 2.35. The predicted octanol–water partition coefficient (Wildman–Crippen LogP) is 3.36. The van der Waals surface area contributed by atoms with Crippen LogP contribution < -0.4 is 5.32 Å². The highest BCUT2D eigenvalue weighted by Crippen LogP contribution is 2.31. The summed E-state index contributed by atoms with van der Waals surface area (Å²) in [6, 6.07) is 8.08. The van der Waals surface area contributed by atoms with E-state index in [2.05, 4.69) is 5.32 Å². The maximum absolute atomic E-state index is 13.0. The van der Waals surface area contributed by atoms with Gasteiger partial charge in [-0.15, -0.1) is 11.3 Å². The standard InChI is InChI=1S/C16H18FNO2S2/c1-11-14(12-4-6-13(17)7-5-12)10-15(21-11)16(19)18-8-3-9-22(2)20/h4-7,10H,3,8-9H2,1-2H3,(H,18,19)/t22-/m0/s1. The van der Waals surface area contributed by atoms with Crippen molar-refractivity contribution in [2.75, 3.05) is 18.6 Å². The van der Waals surface area contributed by atoms with Gasteiger partial charge in [0, 0.05) is 34.2 Å². The summed E-state index contributed by atoms with van der Waals surface area (Å²) in [6.45, 7) is 2.46. The van der Waals surface area contributed by atoms with Gasteiger partial charge in [0.2, 0.25) is 0 Å². The van der Waals surface area contributed by atoms with Crippen LogP contribution in [0.15, 0.2) is 30.3 Å². The van der Waals surface area contributed by atoms with Crippen molar-refractivity contribution in [3.8, 4) is 11.1 Å². The van der Waals surface area contributed by atoms with Gasteiger partial charge in [0.1, 0.15) is 5.82 Å². The molecule has 0 fully saturated rings. The Kier molecular flexibility index (Phi) is 5.85. The van der Waals surface area contributed by atoms with Crippen LogP contribution in [0.1, 0.15) is 21.0 Å². The van der Waals surface area contributed by atoms with Crippen molar-refractivity contribution in [1.29, 1.82) is 0 Å². The summed E-state index contributed by atoms with van der Waals surface area (Å²) in [4.78, 5) is 13.8. The van der Waals surface area contributed by atoms with Gasteiger partial charge in [-0.2, -0.15) is 0 Å². The second kappa shape index (κ2) is 7.65. The number of halogens is 1. The van der Waals surface area contributed by atoms with Crippen molar-refractivity contribution < 1.29 is 13.4 Å². The van der Waals surface area contributed by atoms with E-state index in [-0.39, 0.29) is 11.7 Å². The molecule has 0 spiro atoms. The van der Waals surface area contributed by atoms with Crippen LogP contribution >= 0.6 is 11.3 Å². The number of benzene rings is 1. The topological polar surface area (TPSA) is 46.2 Å². The molecule has 1 atom stereocenters. The highest BCUT2D eigenvalue weighted by molar-refractivity contribution is 7.84. The third-order valence-corrected chi connectivity index (χ3v) is 5.10. The monoisotopic (exact) mass is 339 g/mol. The first kappa shape index (κ1) is 16.8. The Labute approximate surface area is 136 Å². The third kappa shape index (κ3) is 4.48. The molecule has 0 aliphatic heterocycles. The average molecular weight is 339 g/mol. The van der Waals surface area contributed by atoms with Gasteiger partial charge in [-0.05, 0) is 42.7 Å². The SMILES string of the molecule is Cc1sc(C(=O)NCCC[S@](C)=O)cc1-c1ccc(F)cc1. The van der Waals surface area contributed by atoms with Gasteiger partial charge in [0.15, 0.2) is 0 Å². The molecule has 0 saturated carbocycles. The number of amides is 1. The highest BCUT2D eigenvalue weighted by atomic mass is 32.2. The van der Waals surface area contributed by atoms with Crippen LogP contribution in [0.3, 0.4) is 0 Å². The minimum Gasteiger partial charge on any atom is -0.351 e. The Balaban J connectivity index is 2.04. The maximum atomic E-state index is 13.0. The first-order chi connectivity index (χ1) is 10.5. The largest absolute Gasteiger partial charge is 0.351 e. The van der Waals surface area contributed by atoms with Crippen molar-refractivity contribution in [3.63, 3.8) is 0 Å². The lowest BCUT2D eigenvalue weighted by atomic mass is 10.1. The number of hydrogen-bond acceptors (Lipinski definition) is 3. The maximum Gasteiger partial charge on any atom is 0.261 e. The van der Waals surface area contributed by atoms with E-state index in [0.717, 1.165) is 16.0 Å². The fourth-order valence-corrected chi connectivity index (χ4v) is 3.58. The summed E-state index contributed by atoms with van der Waals surface area (Å²) in [5, 5.41) is 2.83. The molecule has 2 rings (SSSR count). The average Bonchev–Trinajstić information content (AvgIpc) is 2.86. The van der Waals surface area contributed by atoms with Crippen LogP contribution in [-0.2, 0) is 10.8 Å². The van der Waals surface area contributed by atoms with E-state index in [4.69, 9.17) is 0 Å². The number of aryl methyl sites for hydroxylation is 1. The summed E-state index contributed by atoms with van der Waals surface area (Å²) >= 11 is 1.42. The minimum absolute atomic E-state index is 0.122. The fourth-order valence-electron chi connectivity index (χ4n) is 2.07. The van der Waals surface area contributed by atoms with E-state index in [1.807, 2.05) is 13.0 Å². The second-order valence-corrected chi connectivity index (χ2v) is 7.79. The molecule has 0 bridgehead atoms. The van der Waals surface area contributed by atoms with E-state index in [9.17, 15) is 13.4 Å². The van der Waals surface area contributed by atoms with Crippen molar-refractivity contribution in [3.05, 3.63) is 45.9 Å². The zero-order valence-corrected chi connectivity index (χ0v) is 14.2. The van der Waals surface area contributed by atoms with Crippen molar-refractivity contribution in [1.82, 2.24) is 5.32 Å². The summed E-state index contributed by atoms with van der Waals surface area (Å²) in [7, 11) is -0.831. The molecule has 3 nitrogen and oxygen atoms in total. The number of carbonyl (C=O) groups excluding carboxylic acids is 1. The zero-order chi connectivity index (χ0) is 16.1. The van der Waals surface area contributed by atoms with Crippen molar-refractivity contribution in [2.45, 2.75) is 13.3 Å². The Morgan fingerprint density at radius 2 is 2.00 bits per heavy atom. The Bertz CT molecular complexity index is 680. The number of thiophene rings is 1. The lowest BCUT2D eigenvalue weighted by Crippen LogP contribution is -2.24. The van der Waals surface area contributed by atoms with E-state index < -0.39 is 10.8 Å². The second-order valence-electron chi connectivity index (χ2n) is 4.97. The zero-order valence-electron chi connectivity index (χ0n) is 12.5. The van der Waals surface area contributed by atoms with Gasteiger partial charge in [0.25, 0.3) is 5.91 Å². The Morgan fingerprint density at radius 3 is 2.64 bits per heavy atom. The van der Waals surface area contributed by atoms with Gasteiger partial charge in [0.05, 0.1) is 4.88 Å². The fraction of sp³-hybridized carbons (Fsp3) is 0.312.